The second kappa shape index (κ2) is 3.16. The zero-order chi connectivity index (χ0) is 10.4. The van der Waals surface area contributed by atoms with Crippen molar-refractivity contribution in [2.45, 2.75) is 55.9 Å². The Morgan fingerprint density at radius 1 is 1.36 bits per heavy atom. The van der Waals surface area contributed by atoms with Gasteiger partial charge in [-0.05, 0) is 31.1 Å². The summed E-state index contributed by atoms with van der Waals surface area (Å²) in [5.74, 6) is -0.589. The molecule has 0 saturated heterocycles. The minimum absolute atomic E-state index is 0.420. The van der Waals surface area contributed by atoms with Crippen LogP contribution in [-0.4, -0.2) is 21.1 Å². The number of rotatable bonds is 3. The van der Waals surface area contributed by atoms with Gasteiger partial charge in [-0.15, -0.1) is 11.8 Å². The maximum atomic E-state index is 11.2. The van der Waals surface area contributed by atoms with E-state index in [-0.39, 0.29) is 0 Å². The van der Waals surface area contributed by atoms with Gasteiger partial charge in [0.15, 0.2) is 0 Å². The summed E-state index contributed by atoms with van der Waals surface area (Å²) in [6, 6.07) is 0. The zero-order valence-electron chi connectivity index (χ0n) is 8.88. The van der Waals surface area contributed by atoms with Gasteiger partial charge in [-0.2, -0.15) is 0 Å². The van der Waals surface area contributed by atoms with E-state index in [1.165, 1.54) is 19.3 Å². The smallest absolute Gasteiger partial charge is 0.319 e. The van der Waals surface area contributed by atoms with E-state index in [2.05, 4.69) is 13.8 Å². The Balaban J connectivity index is 2.01. The summed E-state index contributed by atoms with van der Waals surface area (Å²) in [7, 11) is 0. The summed E-state index contributed by atoms with van der Waals surface area (Å²) in [6.45, 7) is 4.17. The van der Waals surface area contributed by atoms with Crippen LogP contribution in [0.5, 0.6) is 0 Å². The van der Waals surface area contributed by atoms with Crippen molar-refractivity contribution in [1.82, 2.24) is 0 Å². The third-order valence-corrected chi connectivity index (χ3v) is 4.97. The second-order valence-electron chi connectivity index (χ2n) is 5.17. The average molecular weight is 214 g/mol. The first kappa shape index (κ1) is 10.3. The lowest BCUT2D eigenvalue weighted by atomic mass is 9.51. The summed E-state index contributed by atoms with van der Waals surface area (Å²) in [5, 5.41) is 9.68. The first-order chi connectivity index (χ1) is 6.48. The van der Waals surface area contributed by atoms with E-state index in [1.807, 2.05) is 0 Å². The molecule has 2 aliphatic carbocycles. The van der Waals surface area contributed by atoms with Crippen LogP contribution in [0.15, 0.2) is 0 Å². The minimum Gasteiger partial charge on any atom is -0.480 e. The molecule has 0 heterocycles. The third-order valence-electron chi connectivity index (χ3n) is 3.59. The molecule has 0 atom stereocenters. The molecule has 2 saturated carbocycles. The van der Waals surface area contributed by atoms with Crippen LogP contribution in [0.3, 0.4) is 0 Å². The van der Waals surface area contributed by atoms with Crippen molar-refractivity contribution in [1.29, 1.82) is 0 Å². The first-order valence-electron chi connectivity index (χ1n) is 5.39. The molecule has 0 unspecified atom stereocenters. The predicted octanol–water partition coefficient (Wildman–Crippen LogP) is 2.92. The highest BCUT2D eigenvalue weighted by atomic mass is 32.2. The molecule has 0 bridgehead atoms. The predicted molar refractivity (Wildman–Crippen MR) is 58.6 cm³/mol. The SMILES string of the molecule is CC(C)SC1(C(=O)O)CC2(CCC2)C1. The molecule has 2 nitrogen and oxygen atoms in total. The maximum absolute atomic E-state index is 11.2. The molecule has 0 aliphatic heterocycles. The van der Waals surface area contributed by atoms with Crippen LogP contribution in [0.1, 0.15) is 46.0 Å². The summed E-state index contributed by atoms with van der Waals surface area (Å²) >= 11 is 1.65. The van der Waals surface area contributed by atoms with Gasteiger partial charge in [0.2, 0.25) is 0 Å². The van der Waals surface area contributed by atoms with Crippen LogP contribution in [0.4, 0.5) is 0 Å². The van der Waals surface area contributed by atoms with E-state index in [0.717, 1.165) is 12.8 Å². The molecule has 1 spiro atoms. The highest BCUT2D eigenvalue weighted by Crippen LogP contribution is 2.65. The number of carboxylic acid groups (broad SMARTS) is 1. The lowest BCUT2D eigenvalue weighted by molar-refractivity contribution is -0.149. The van der Waals surface area contributed by atoms with E-state index in [1.54, 1.807) is 11.8 Å². The van der Waals surface area contributed by atoms with Crippen molar-refractivity contribution in [3.05, 3.63) is 0 Å². The van der Waals surface area contributed by atoms with Crippen molar-refractivity contribution in [2.75, 3.05) is 0 Å². The topological polar surface area (TPSA) is 37.3 Å². The molecular weight excluding hydrogens is 196 g/mol. The van der Waals surface area contributed by atoms with Gasteiger partial charge in [-0.25, -0.2) is 0 Å². The quantitative estimate of drug-likeness (QED) is 0.785. The number of carboxylic acids is 1. The molecule has 1 N–H and O–H groups in total. The van der Waals surface area contributed by atoms with Crippen molar-refractivity contribution in [3.8, 4) is 0 Å². The Morgan fingerprint density at radius 2 is 1.93 bits per heavy atom. The first-order valence-corrected chi connectivity index (χ1v) is 6.27. The van der Waals surface area contributed by atoms with Crippen LogP contribution >= 0.6 is 11.8 Å². The van der Waals surface area contributed by atoms with Crippen LogP contribution in [0.2, 0.25) is 0 Å². The van der Waals surface area contributed by atoms with Crippen LogP contribution in [0, 0.1) is 5.41 Å². The summed E-state index contributed by atoms with van der Waals surface area (Å²) in [5.41, 5.74) is 0.445. The molecule has 2 rings (SSSR count). The molecule has 2 aliphatic rings. The third kappa shape index (κ3) is 1.46. The maximum Gasteiger partial charge on any atom is 0.319 e. The number of hydrogen-bond acceptors (Lipinski definition) is 2. The molecule has 0 aromatic heterocycles. The van der Waals surface area contributed by atoms with Crippen molar-refractivity contribution in [2.24, 2.45) is 5.41 Å². The van der Waals surface area contributed by atoms with Gasteiger partial charge >= 0.3 is 5.97 Å². The summed E-state index contributed by atoms with van der Waals surface area (Å²) in [4.78, 5) is 11.2. The highest BCUT2D eigenvalue weighted by Gasteiger charge is 2.61. The van der Waals surface area contributed by atoms with Crippen LogP contribution in [-0.2, 0) is 4.79 Å². The van der Waals surface area contributed by atoms with Crippen molar-refractivity contribution >= 4 is 17.7 Å². The van der Waals surface area contributed by atoms with Gasteiger partial charge in [0.05, 0.1) is 0 Å². The Morgan fingerprint density at radius 3 is 2.21 bits per heavy atom. The van der Waals surface area contributed by atoms with E-state index >= 15 is 0 Å². The second-order valence-corrected chi connectivity index (χ2v) is 7.13. The molecule has 0 amide bonds. The number of thioether (sulfide) groups is 1. The van der Waals surface area contributed by atoms with Gasteiger partial charge in [0.1, 0.15) is 4.75 Å². The molecule has 0 radical (unpaired) electrons. The Kier molecular flexibility index (Phi) is 2.33. The van der Waals surface area contributed by atoms with Crippen LogP contribution in [0.25, 0.3) is 0 Å². The van der Waals surface area contributed by atoms with E-state index in [0.29, 0.717) is 10.7 Å². The fraction of sp³-hybridized carbons (Fsp3) is 0.909. The van der Waals surface area contributed by atoms with Gasteiger partial charge in [0, 0.05) is 5.25 Å². The van der Waals surface area contributed by atoms with Crippen molar-refractivity contribution in [3.63, 3.8) is 0 Å². The van der Waals surface area contributed by atoms with Crippen molar-refractivity contribution < 1.29 is 9.90 Å². The summed E-state index contributed by atoms with van der Waals surface area (Å²) in [6.07, 6.45) is 5.67. The van der Waals surface area contributed by atoms with Gasteiger partial charge in [-0.1, -0.05) is 20.3 Å². The lowest BCUT2D eigenvalue weighted by Gasteiger charge is -2.59. The fourth-order valence-corrected chi connectivity index (χ4v) is 4.71. The molecule has 14 heavy (non-hydrogen) atoms. The van der Waals surface area contributed by atoms with Gasteiger partial charge < -0.3 is 5.11 Å². The average Bonchev–Trinajstić information content (AvgIpc) is 1.90. The largest absolute Gasteiger partial charge is 0.480 e. The van der Waals surface area contributed by atoms with Crippen LogP contribution < -0.4 is 0 Å². The Labute approximate surface area is 89.5 Å². The molecule has 3 heteroatoms. The minimum atomic E-state index is -0.589. The Bertz CT molecular complexity index is 248. The summed E-state index contributed by atoms with van der Waals surface area (Å²) < 4.78 is -0.436. The molecule has 80 valence electrons. The Hall–Kier alpha value is -0.180. The normalized spacial score (nSPS) is 27.1. The molecule has 2 fully saturated rings. The highest BCUT2D eigenvalue weighted by molar-refractivity contribution is 8.02. The van der Waals surface area contributed by atoms with Gasteiger partial charge in [0.25, 0.3) is 0 Å². The zero-order valence-corrected chi connectivity index (χ0v) is 9.69. The number of hydrogen-bond donors (Lipinski definition) is 1. The van der Waals surface area contributed by atoms with Gasteiger partial charge in [-0.3, -0.25) is 4.79 Å². The van der Waals surface area contributed by atoms with E-state index < -0.39 is 10.7 Å². The number of carbonyl (C=O) groups is 1. The monoisotopic (exact) mass is 214 g/mol. The van der Waals surface area contributed by atoms with E-state index in [9.17, 15) is 9.90 Å². The fourth-order valence-electron chi connectivity index (χ4n) is 2.93. The lowest BCUT2D eigenvalue weighted by Crippen LogP contribution is -2.57. The molecule has 0 aromatic rings. The van der Waals surface area contributed by atoms with E-state index in [4.69, 9.17) is 0 Å². The molecular formula is C11H18O2S. The molecule has 0 aromatic carbocycles. The number of aliphatic carboxylic acids is 1. The standard InChI is InChI=1S/C11H18O2S/c1-8(2)14-11(9(12)13)6-10(7-11)4-3-5-10/h8H,3-7H2,1-2H3,(H,12,13).